The number of pyridine rings is 1. The summed E-state index contributed by atoms with van der Waals surface area (Å²) in [7, 11) is -3.01. The molecular weight excluding hydrogens is 611 g/mol. The van der Waals surface area contributed by atoms with E-state index >= 15 is 0 Å². The fraction of sp³-hybridized carbons (Fsp3) is 0.310. The highest BCUT2D eigenvalue weighted by molar-refractivity contribution is 7.46. The van der Waals surface area contributed by atoms with E-state index in [9.17, 15) is 9.36 Å². The van der Waals surface area contributed by atoms with Crippen molar-refractivity contribution in [3.63, 3.8) is 0 Å². The number of aromatic nitrogens is 3. The van der Waals surface area contributed by atoms with E-state index in [1.54, 1.807) is 61.8 Å². The van der Waals surface area contributed by atoms with Crippen LogP contribution in [0.25, 0.3) is 10.9 Å². The lowest BCUT2D eigenvalue weighted by Gasteiger charge is -2.29. The minimum atomic E-state index is -4.56. The highest BCUT2D eigenvalue weighted by Crippen LogP contribution is 2.39. The number of phosphoric acid groups is 1. The number of phosphoric ester groups is 1. The average molecular weight is 643 g/mol. The molecule has 15 heteroatoms. The number of nitrogens with one attached hydrogen (secondary N) is 3. The number of anilines is 3. The number of hydrogen-bond acceptors (Lipinski definition) is 10. The molecule has 1 aliphatic heterocycles. The topological polar surface area (TPSA) is 177 Å². The Kier molecular flexibility index (Phi) is 9.94. The molecule has 1 fully saturated rings. The van der Waals surface area contributed by atoms with Crippen LogP contribution in [0.5, 0.6) is 11.5 Å². The molecule has 1 aliphatic rings. The number of hydrogen-bond donors (Lipinski definition) is 5. The summed E-state index contributed by atoms with van der Waals surface area (Å²) in [5.41, 5.74) is 1.19. The number of methoxy groups -OCH3 is 1. The number of halogens is 1. The van der Waals surface area contributed by atoms with Gasteiger partial charge in [0.05, 0.1) is 37.7 Å². The van der Waals surface area contributed by atoms with Gasteiger partial charge in [-0.25, -0.2) is 19.5 Å². The average Bonchev–Trinajstić information content (AvgIpc) is 3.48. The molecule has 1 atom stereocenters. The second-order valence-corrected chi connectivity index (χ2v) is 12.0. The fourth-order valence-corrected chi connectivity index (χ4v) is 5.62. The molecule has 0 radical (unpaired) electrons. The van der Waals surface area contributed by atoms with Crippen molar-refractivity contribution in [3.05, 3.63) is 71.6 Å². The van der Waals surface area contributed by atoms with Crippen LogP contribution in [0.2, 0.25) is 5.02 Å². The van der Waals surface area contributed by atoms with E-state index in [1.165, 1.54) is 6.33 Å². The largest absolute Gasteiger partial charge is 0.493 e. The van der Waals surface area contributed by atoms with Gasteiger partial charge in [-0.15, -0.1) is 0 Å². The molecule has 1 amide bonds. The molecule has 0 bridgehead atoms. The zero-order valence-electron chi connectivity index (χ0n) is 23.8. The van der Waals surface area contributed by atoms with Gasteiger partial charge in [-0.3, -0.25) is 9.32 Å². The highest BCUT2D eigenvalue weighted by Gasteiger charge is 2.35. The van der Waals surface area contributed by atoms with Gasteiger partial charge in [0.15, 0.2) is 11.5 Å². The number of fused-ring (bicyclic) bond motifs is 1. The Bertz CT molecular complexity index is 1660. The van der Waals surface area contributed by atoms with Crippen molar-refractivity contribution in [2.45, 2.75) is 31.2 Å². The minimum absolute atomic E-state index is 0.0703. The summed E-state index contributed by atoms with van der Waals surface area (Å²) in [6.45, 7) is 1.04. The molecule has 2 aromatic carbocycles. The Morgan fingerprint density at radius 2 is 2.00 bits per heavy atom. The molecule has 5 N–H and O–H groups in total. The van der Waals surface area contributed by atoms with Crippen LogP contribution in [-0.4, -0.2) is 63.1 Å². The van der Waals surface area contributed by atoms with E-state index in [0.29, 0.717) is 69.8 Å². The number of carbonyl (C=O) groups is 1. The van der Waals surface area contributed by atoms with Gasteiger partial charge in [0.25, 0.3) is 5.91 Å². The van der Waals surface area contributed by atoms with E-state index in [1.807, 2.05) is 0 Å². The van der Waals surface area contributed by atoms with Crippen molar-refractivity contribution in [2.24, 2.45) is 0 Å². The van der Waals surface area contributed by atoms with Crippen molar-refractivity contribution in [1.82, 2.24) is 20.3 Å². The molecular formula is C29H32ClN6O7P. The molecule has 13 nitrogen and oxygen atoms in total. The van der Waals surface area contributed by atoms with Crippen LogP contribution < -0.4 is 25.4 Å². The zero-order chi connectivity index (χ0) is 31.2. The van der Waals surface area contributed by atoms with Gasteiger partial charge in [-0.2, -0.15) is 0 Å². The van der Waals surface area contributed by atoms with Crippen LogP contribution in [0.4, 0.5) is 17.3 Å². The minimum Gasteiger partial charge on any atom is -0.493 e. The van der Waals surface area contributed by atoms with Gasteiger partial charge in [0.1, 0.15) is 18.0 Å². The van der Waals surface area contributed by atoms with E-state index in [2.05, 4.69) is 30.9 Å². The molecule has 3 heterocycles. The number of carbonyl (C=O) groups excluding carboxylic acids is 1. The van der Waals surface area contributed by atoms with Crippen LogP contribution in [0.15, 0.2) is 61.1 Å². The Labute approximate surface area is 258 Å². The molecule has 0 spiro atoms. The molecule has 2 aromatic heterocycles. The molecule has 232 valence electrons. The maximum Gasteiger partial charge on any atom is 0.469 e. The summed E-state index contributed by atoms with van der Waals surface area (Å²) in [6, 6.07) is 13.6. The maximum atomic E-state index is 12.5. The molecule has 1 saturated heterocycles. The lowest BCUT2D eigenvalue weighted by Crippen LogP contribution is -2.44. The summed E-state index contributed by atoms with van der Waals surface area (Å²) in [5.74, 6) is 1.57. The third kappa shape index (κ3) is 8.20. The summed E-state index contributed by atoms with van der Waals surface area (Å²) in [5, 5.41) is 10.5. The predicted molar refractivity (Wildman–Crippen MR) is 166 cm³/mol. The molecule has 0 saturated carbocycles. The van der Waals surface area contributed by atoms with Crippen LogP contribution in [0, 0.1) is 0 Å². The van der Waals surface area contributed by atoms with Gasteiger partial charge >= 0.3 is 7.82 Å². The van der Waals surface area contributed by atoms with E-state index in [0.717, 1.165) is 19.4 Å². The van der Waals surface area contributed by atoms with Gasteiger partial charge in [-0.05, 0) is 68.6 Å². The van der Waals surface area contributed by atoms with Crippen molar-refractivity contribution in [1.29, 1.82) is 0 Å². The Hall–Kier alpha value is -3.84. The SMILES string of the molecule is COc1cc2c(Nc3ccc(NC(=O)c4cccc(Cl)c4)nc3)ncnc2cc1OCCC[C@]1(COP(=O)(O)O)CCCN1. The van der Waals surface area contributed by atoms with Gasteiger partial charge in [0.2, 0.25) is 0 Å². The second kappa shape index (κ2) is 13.9. The number of rotatable bonds is 13. The smallest absolute Gasteiger partial charge is 0.469 e. The summed E-state index contributed by atoms with van der Waals surface area (Å²) >= 11 is 5.98. The van der Waals surface area contributed by atoms with E-state index in [4.69, 9.17) is 35.4 Å². The lowest BCUT2D eigenvalue weighted by molar-refractivity contribution is 0.102. The van der Waals surface area contributed by atoms with Crippen LogP contribution >= 0.6 is 19.4 Å². The molecule has 5 rings (SSSR count). The van der Waals surface area contributed by atoms with Gasteiger partial charge in [-0.1, -0.05) is 17.7 Å². The third-order valence-corrected chi connectivity index (χ3v) is 7.87. The third-order valence-electron chi connectivity index (χ3n) is 7.17. The number of benzene rings is 2. The predicted octanol–water partition coefficient (Wildman–Crippen LogP) is 5.07. The molecule has 0 unspecified atom stereocenters. The number of nitrogens with zero attached hydrogens (tertiary/aromatic N) is 3. The zero-order valence-corrected chi connectivity index (χ0v) is 25.5. The monoisotopic (exact) mass is 642 g/mol. The quantitative estimate of drug-likeness (QED) is 0.0967. The first-order valence-electron chi connectivity index (χ1n) is 13.8. The maximum absolute atomic E-state index is 12.5. The highest BCUT2D eigenvalue weighted by atomic mass is 35.5. The Morgan fingerprint density at radius 1 is 1.14 bits per heavy atom. The Balaban J connectivity index is 1.22. The first-order valence-corrected chi connectivity index (χ1v) is 15.7. The van der Waals surface area contributed by atoms with Crippen molar-refractivity contribution in [3.8, 4) is 11.5 Å². The number of ether oxygens (including phenoxy) is 2. The van der Waals surface area contributed by atoms with Crippen molar-refractivity contribution in [2.75, 3.05) is 37.5 Å². The Morgan fingerprint density at radius 3 is 2.70 bits per heavy atom. The first-order chi connectivity index (χ1) is 21.1. The molecule has 0 aliphatic carbocycles. The second-order valence-electron chi connectivity index (χ2n) is 10.3. The van der Waals surface area contributed by atoms with E-state index in [-0.39, 0.29) is 12.5 Å². The van der Waals surface area contributed by atoms with Crippen molar-refractivity contribution < 1.29 is 33.1 Å². The molecule has 4 aromatic rings. The normalized spacial score (nSPS) is 16.5. The van der Waals surface area contributed by atoms with Crippen LogP contribution in [0.3, 0.4) is 0 Å². The standard InChI is InChI=1S/C29H32ClN6O7P/c1-41-24-14-22-23(15-25(24)42-12-4-10-29(9-3-11-34-29)17-43-44(38,39)40)32-18-33-27(22)35-21-7-8-26(31-16-21)36-28(37)19-5-2-6-20(30)13-19/h2,5-8,13-16,18,34H,3-4,9-12,17H2,1H3,(H,31,36,37)(H,32,33,35)(H2,38,39,40)/t29-/m0/s1. The molecule has 44 heavy (non-hydrogen) atoms. The summed E-state index contributed by atoms with van der Waals surface area (Å²) in [4.78, 5) is 43.9. The van der Waals surface area contributed by atoms with Crippen molar-refractivity contribution >= 4 is 53.6 Å². The van der Waals surface area contributed by atoms with E-state index < -0.39 is 13.4 Å². The van der Waals surface area contributed by atoms with Gasteiger partial charge in [0, 0.05) is 27.6 Å². The summed E-state index contributed by atoms with van der Waals surface area (Å²) in [6.07, 6.45) is 5.92. The summed E-state index contributed by atoms with van der Waals surface area (Å²) < 4.78 is 27.7. The van der Waals surface area contributed by atoms with Crippen LogP contribution in [-0.2, 0) is 9.09 Å². The van der Waals surface area contributed by atoms with Gasteiger partial charge < -0.3 is 35.2 Å². The fourth-order valence-electron chi connectivity index (χ4n) is 5.01. The number of amides is 1. The lowest BCUT2D eigenvalue weighted by atomic mass is 9.93. The van der Waals surface area contributed by atoms with Crippen LogP contribution in [0.1, 0.15) is 36.0 Å². The first kappa shape index (κ1) is 31.6.